The van der Waals surface area contributed by atoms with Gasteiger partial charge in [-0.25, -0.2) is 4.98 Å². The van der Waals surface area contributed by atoms with Crippen LogP contribution in [0, 0.1) is 6.92 Å². The number of nitrogens with zero attached hydrogens (tertiary/aromatic N) is 2. The number of quaternary nitrogens is 1. The van der Waals surface area contributed by atoms with Crippen molar-refractivity contribution in [2.45, 2.75) is 25.9 Å². The maximum Gasteiger partial charge on any atom is 0.266 e. The van der Waals surface area contributed by atoms with Crippen molar-refractivity contribution in [3.63, 3.8) is 0 Å². The number of hydrogen-bond donors (Lipinski definition) is 1. The highest BCUT2D eigenvalue weighted by atomic mass is 32.2. The second kappa shape index (κ2) is 8.52. The van der Waals surface area contributed by atoms with Gasteiger partial charge < -0.3 is 4.90 Å². The number of rotatable bonds is 7. The summed E-state index contributed by atoms with van der Waals surface area (Å²) in [4.78, 5) is 19.6. The number of aromatic nitrogens is 2. The van der Waals surface area contributed by atoms with Crippen LogP contribution in [0.1, 0.15) is 19.4 Å². The van der Waals surface area contributed by atoms with Gasteiger partial charge in [0.1, 0.15) is 0 Å². The molecule has 136 valence electrons. The summed E-state index contributed by atoms with van der Waals surface area (Å²) in [6, 6.07) is 15.6. The van der Waals surface area contributed by atoms with Crippen LogP contribution in [0.5, 0.6) is 0 Å². The van der Waals surface area contributed by atoms with E-state index in [-0.39, 0.29) is 5.56 Å². The van der Waals surface area contributed by atoms with Gasteiger partial charge in [-0.2, -0.15) is 0 Å². The summed E-state index contributed by atoms with van der Waals surface area (Å²) >= 11 is 1.67. The van der Waals surface area contributed by atoms with E-state index in [9.17, 15) is 4.79 Å². The molecule has 0 aliphatic carbocycles. The molecule has 0 radical (unpaired) electrons. The third kappa shape index (κ3) is 3.84. The minimum atomic E-state index is 0.00239. The van der Waals surface area contributed by atoms with Crippen molar-refractivity contribution in [2.75, 3.05) is 25.4 Å². The lowest BCUT2D eigenvalue weighted by Gasteiger charge is -2.17. The molecular formula is C21H26N3OS+. The molecule has 2 aromatic carbocycles. The average molecular weight is 369 g/mol. The number of para-hydroxylation sites is 2. The quantitative estimate of drug-likeness (QED) is 0.515. The van der Waals surface area contributed by atoms with Gasteiger partial charge in [0.2, 0.25) is 0 Å². The Bertz CT molecular complexity index is 947. The van der Waals surface area contributed by atoms with Gasteiger partial charge in [-0.3, -0.25) is 9.36 Å². The SMILES string of the molecule is CC[NH+](CC)CCSc1nc2ccccc2c(=O)n1-c1ccccc1C. The lowest BCUT2D eigenvalue weighted by Crippen LogP contribution is -3.11. The minimum Gasteiger partial charge on any atom is -0.335 e. The van der Waals surface area contributed by atoms with Gasteiger partial charge in [-0.1, -0.05) is 42.1 Å². The molecule has 0 saturated heterocycles. The van der Waals surface area contributed by atoms with Crippen molar-refractivity contribution >= 4 is 22.7 Å². The first-order valence-corrected chi connectivity index (χ1v) is 10.2. The highest BCUT2D eigenvalue weighted by molar-refractivity contribution is 7.99. The van der Waals surface area contributed by atoms with Crippen molar-refractivity contribution in [3.8, 4) is 5.69 Å². The van der Waals surface area contributed by atoms with Gasteiger partial charge in [-0.05, 0) is 44.5 Å². The van der Waals surface area contributed by atoms with Crippen LogP contribution in [0.2, 0.25) is 0 Å². The lowest BCUT2D eigenvalue weighted by atomic mass is 10.2. The number of aryl methyl sites for hydroxylation is 1. The summed E-state index contributed by atoms with van der Waals surface area (Å²) in [6.45, 7) is 9.75. The molecule has 0 bridgehead atoms. The van der Waals surface area contributed by atoms with E-state index in [1.807, 2.05) is 55.5 Å². The molecular weight excluding hydrogens is 342 g/mol. The van der Waals surface area contributed by atoms with E-state index >= 15 is 0 Å². The monoisotopic (exact) mass is 368 g/mol. The number of thioether (sulfide) groups is 1. The van der Waals surface area contributed by atoms with E-state index in [2.05, 4.69) is 13.8 Å². The van der Waals surface area contributed by atoms with Crippen LogP contribution in [-0.2, 0) is 0 Å². The van der Waals surface area contributed by atoms with Crippen LogP contribution in [0.3, 0.4) is 0 Å². The van der Waals surface area contributed by atoms with E-state index in [1.165, 1.54) is 0 Å². The molecule has 0 spiro atoms. The van der Waals surface area contributed by atoms with Crippen molar-refractivity contribution in [1.82, 2.24) is 9.55 Å². The summed E-state index contributed by atoms with van der Waals surface area (Å²) < 4.78 is 1.78. The number of nitrogens with one attached hydrogen (secondary N) is 1. The van der Waals surface area contributed by atoms with Crippen LogP contribution in [0.15, 0.2) is 58.5 Å². The molecule has 0 aliphatic heterocycles. The summed E-state index contributed by atoms with van der Waals surface area (Å²) in [5.74, 6) is 0.938. The normalized spacial score (nSPS) is 11.4. The Kier molecular flexibility index (Phi) is 6.12. The Morgan fingerprint density at radius 2 is 1.73 bits per heavy atom. The van der Waals surface area contributed by atoms with E-state index in [4.69, 9.17) is 4.98 Å². The molecule has 0 saturated carbocycles. The Balaban J connectivity index is 2.07. The maximum absolute atomic E-state index is 13.2. The molecule has 26 heavy (non-hydrogen) atoms. The molecule has 0 atom stereocenters. The van der Waals surface area contributed by atoms with Gasteiger partial charge in [0.15, 0.2) is 5.16 Å². The topological polar surface area (TPSA) is 39.3 Å². The van der Waals surface area contributed by atoms with Gasteiger partial charge >= 0.3 is 0 Å². The molecule has 1 aromatic heterocycles. The van der Waals surface area contributed by atoms with Crippen molar-refractivity contribution in [3.05, 3.63) is 64.4 Å². The van der Waals surface area contributed by atoms with E-state index < -0.39 is 0 Å². The fourth-order valence-electron chi connectivity index (χ4n) is 3.13. The molecule has 1 N–H and O–H groups in total. The van der Waals surface area contributed by atoms with E-state index in [1.54, 1.807) is 21.2 Å². The fourth-order valence-corrected chi connectivity index (χ4v) is 4.17. The van der Waals surface area contributed by atoms with Crippen molar-refractivity contribution in [1.29, 1.82) is 0 Å². The number of hydrogen-bond acceptors (Lipinski definition) is 3. The third-order valence-electron chi connectivity index (χ3n) is 4.79. The summed E-state index contributed by atoms with van der Waals surface area (Å²) in [6.07, 6.45) is 0. The Hall–Kier alpha value is -2.11. The molecule has 1 heterocycles. The zero-order valence-corrected chi connectivity index (χ0v) is 16.5. The highest BCUT2D eigenvalue weighted by Crippen LogP contribution is 2.22. The van der Waals surface area contributed by atoms with Crippen LogP contribution < -0.4 is 10.5 Å². The van der Waals surface area contributed by atoms with E-state index in [0.717, 1.165) is 47.3 Å². The van der Waals surface area contributed by atoms with E-state index in [0.29, 0.717) is 5.39 Å². The zero-order valence-electron chi connectivity index (χ0n) is 15.7. The summed E-state index contributed by atoms with van der Waals surface area (Å²) in [7, 11) is 0. The van der Waals surface area contributed by atoms with Crippen LogP contribution in [0.4, 0.5) is 0 Å². The van der Waals surface area contributed by atoms with Gasteiger partial charge in [0, 0.05) is 0 Å². The first kappa shape index (κ1) is 18.7. The number of benzene rings is 2. The standard InChI is InChI=1S/C21H25N3OS/c1-4-23(5-2)14-15-26-21-22-18-12-8-7-11-17(18)20(25)24(21)19-13-9-6-10-16(19)3/h6-13H,4-5,14-15H2,1-3H3/p+1. The van der Waals surface area contributed by atoms with Crippen LogP contribution >= 0.6 is 11.8 Å². The lowest BCUT2D eigenvalue weighted by molar-refractivity contribution is -0.893. The number of fused-ring (bicyclic) bond motifs is 1. The van der Waals surface area contributed by atoms with Crippen molar-refractivity contribution in [2.24, 2.45) is 0 Å². The van der Waals surface area contributed by atoms with Crippen molar-refractivity contribution < 1.29 is 4.90 Å². The largest absolute Gasteiger partial charge is 0.335 e. The Morgan fingerprint density at radius 3 is 2.46 bits per heavy atom. The second-order valence-electron chi connectivity index (χ2n) is 6.39. The molecule has 3 rings (SSSR count). The zero-order chi connectivity index (χ0) is 18.5. The third-order valence-corrected chi connectivity index (χ3v) is 5.73. The van der Waals surface area contributed by atoms with Crippen LogP contribution in [0.25, 0.3) is 16.6 Å². The van der Waals surface area contributed by atoms with Gasteiger partial charge in [-0.15, -0.1) is 0 Å². The molecule has 3 aromatic rings. The second-order valence-corrected chi connectivity index (χ2v) is 7.46. The maximum atomic E-state index is 13.2. The van der Waals surface area contributed by atoms with Gasteiger partial charge in [0.25, 0.3) is 5.56 Å². The molecule has 0 aliphatic rings. The highest BCUT2D eigenvalue weighted by Gasteiger charge is 2.15. The molecule has 0 amide bonds. The predicted molar refractivity (Wildman–Crippen MR) is 110 cm³/mol. The smallest absolute Gasteiger partial charge is 0.266 e. The molecule has 5 heteroatoms. The minimum absolute atomic E-state index is 0.00239. The summed E-state index contributed by atoms with van der Waals surface area (Å²) in [5.41, 5.74) is 2.75. The molecule has 0 unspecified atom stereocenters. The summed E-state index contributed by atoms with van der Waals surface area (Å²) in [5, 5.41) is 1.43. The first-order chi connectivity index (χ1) is 12.7. The predicted octanol–water partition coefficient (Wildman–Crippen LogP) is 2.71. The Labute approximate surface area is 158 Å². The van der Waals surface area contributed by atoms with Gasteiger partial charge in [0.05, 0.1) is 42.0 Å². The molecule has 0 fully saturated rings. The fraction of sp³-hybridized carbons (Fsp3) is 0.333. The Morgan fingerprint density at radius 1 is 1.04 bits per heavy atom. The molecule has 4 nitrogen and oxygen atoms in total. The first-order valence-electron chi connectivity index (χ1n) is 9.19. The van der Waals surface area contributed by atoms with Crippen LogP contribution in [-0.4, -0.2) is 34.9 Å². The average Bonchev–Trinajstić information content (AvgIpc) is 2.66.